The average molecular weight is 356 g/mol. The first-order valence-corrected chi connectivity index (χ1v) is 7.26. The predicted molar refractivity (Wildman–Crippen MR) is 88.7 cm³/mol. The third kappa shape index (κ3) is 4.82. The monoisotopic (exact) mass is 354 g/mol. The van der Waals surface area contributed by atoms with Crippen molar-refractivity contribution in [2.24, 2.45) is 0 Å². The van der Waals surface area contributed by atoms with E-state index in [0.29, 0.717) is 11.7 Å². The first kappa shape index (κ1) is 14.3. The largest absolute Gasteiger partial charge is 0.358 e. The standard InChI is InChI=1S/C14H12BrClN2S/c15-11-2-1-3-13(8-11)18-14(19)17-9-10-4-6-12(16)7-5-10/h1-8H,9H2,(H2,17,18,19). The van der Waals surface area contributed by atoms with Crippen LogP contribution in [0.5, 0.6) is 0 Å². The van der Waals surface area contributed by atoms with E-state index in [2.05, 4.69) is 26.6 Å². The molecule has 2 aromatic rings. The normalized spacial score (nSPS) is 10.0. The SMILES string of the molecule is S=C(NCc1ccc(Cl)cc1)Nc1cccc(Br)c1. The lowest BCUT2D eigenvalue weighted by molar-refractivity contribution is 0.926. The number of hydrogen-bond donors (Lipinski definition) is 2. The number of hydrogen-bond acceptors (Lipinski definition) is 1. The van der Waals surface area contributed by atoms with Gasteiger partial charge in [0.15, 0.2) is 5.11 Å². The van der Waals surface area contributed by atoms with E-state index in [4.69, 9.17) is 23.8 Å². The second-order valence-electron chi connectivity index (χ2n) is 3.94. The summed E-state index contributed by atoms with van der Waals surface area (Å²) in [6.07, 6.45) is 0. The Balaban J connectivity index is 1.86. The smallest absolute Gasteiger partial charge is 0.171 e. The summed E-state index contributed by atoms with van der Waals surface area (Å²) in [7, 11) is 0. The highest BCUT2D eigenvalue weighted by Crippen LogP contribution is 2.15. The van der Waals surface area contributed by atoms with E-state index in [1.165, 1.54) is 0 Å². The number of rotatable bonds is 3. The van der Waals surface area contributed by atoms with Gasteiger partial charge in [-0.15, -0.1) is 0 Å². The zero-order valence-corrected chi connectivity index (χ0v) is 13.1. The van der Waals surface area contributed by atoms with E-state index < -0.39 is 0 Å². The lowest BCUT2D eigenvalue weighted by atomic mass is 10.2. The zero-order valence-electron chi connectivity index (χ0n) is 9.99. The van der Waals surface area contributed by atoms with E-state index in [-0.39, 0.29) is 0 Å². The van der Waals surface area contributed by atoms with Crippen LogP contribution in [-0.2, 0) is 6.54 Å². The Morgan fingerprint density at radius 2 is 1.89 bits per heavy atom. The topological polar surface area (TPSA) is 24.1 Å². The fourth-order valence-corrected chi connectivity index (χ4v) is 2.24. The van der Waals surface area contributed by atoms with Crippen molar-refractivity contribution >= 4 is 50.5 Å². The minimum absolute atomic E-state index is 0.591. The second-order valence-corrected chi connectivity index (χ2v) is 5.70. The molecule has 5 heteroatoms. The number of benzene rings is 2. The summed E-state index contributed by atoms with van der Waals surface area (Å²) in [5.74, 6) is 0. The molecule has 0 aliphatic heterocycles. The lowest BCUT2D eigenvalue weighted by Gasteiger charge is -2.10. The maximum atomic E-state index is 5.83. The van der Waals surface area contributed by atoms with Gasteiger partial charge < -0.3 is 10.6 Å². The van der Waals surface area contributed by atoms with Gasteiger partial charge in [0, 0.05) is 21.7 Å². The molecule has 0 heterocycles. The molecule has 0 saturated carbocycles. The maximum absolute atomic E-state index is 5.83. The molecule has 19 heavy (non-hydrogen) atoms. The maximum Gasteiger partial charge on any atom is 0.171 e. The van der Waals surface area contributed by atoms with E-state index in [1.54, 1.807) is 0 Å². The fraction of sp³-hybridized carbons (Fsp3) is 0.0714. The molecule has 2 aromatic carbocycles. The summed E-state index contributed by atoms with van der Waals surface area (Å²) in [5, 5.41) is 7.60. The molecular formula is C14H12BrClN2S. The van der Waals surface area contributed by atoms with E-state index in [0.717, 1.165) is 20.7 Å². The Morgan fingerprint density at radius 1 is 1.16 bits per heavy atom. The summed E-state index contributed by atoms with van der Waals surface area (Å²) < 4.78 is 1.01. The molecule has 2 rings (SSSR count). The molecule has 0 aliphatic rings. The molecule has 0 spiro atoms. The third-order valence-electron chi connectivity index (χ3n) is 2.45. The summed E-state index contributed by atoms with van der Waals surface area (Å²) in [6.45, 7) is 0.664. The van der Waals surface area contributed by atoms with Crippen LogP contribution in [-0.4, -0.2) is 5.11 Å². The number of halogens is 2. The van der Waals surface area contributed by atoms with Gasteiger partial charge in [0.2, 0.25) is 0 Å². The van der Waals surface area contributed by atoms with Gasteiger partial charge in [-0.1, -0.05) is 45.7 Å². The van der Waals surface area contributed by atoms with E-state index in [9.17, 15) is 0 Å². The number of anilines is 1. The quantitative estimate of drug-likeness (QED) is 0.788. The Labute approximate surface area is 131 Å². The molecule has 0 unspecified atom stereocenters. The first-order chi connectivity index (χ1) is 9.13. The van der Waals surface area contributed by atoms with Gasteiger partial charge in [-0.05, 0) is 48.1 Å². The average Bonchev–Trinajstić information content (AvgIpc) is 2.38. The Hall–Kier alpha value is -1.10. The van der Waals surface area contributed by atoms with Crippen LogP contribution >= 0.6 is 39.7 Å². The van der Waals surface area contributed by atoms with E-state index >= 15 is 0 Å². The van der Waals surface area contributed by atoms with Crippen LogP contribution in [0.25, 0.3) is 0 Å². The van der Waals surface area contributed by atoms with Gasteiger partial charge in [0.1, 0.15) is 0 Å². The highest BCUT2D eigenvalue weighted by molar-refractivity contribution is 9.10. The summed E-state index contributed by atoms with van der Waals surface area (Å²) >= 11 is 14.5. The molecule has 0 bridgehead atoms. The van der Waals surface area contributed by atoms with Crippen LogP contribution < -0.4 is 10.6 Å². The molecule has 2 nitrogen and oxygen atoms in total. The third-order valence-corrected chi connectivity index (χ3v) is 3.44. The van der Waals surface area contributed by atoms with Crippen molar-refractivity contribution in [3.05, 3.63) is 63.6 Å². The van der Waals surface area contributed by atoms with Crippen LogP contribution in [0.15, 0.2) is 53.0 Å². The Kier molecular flexibility index (Phi) is 5.19. The molecule has 0 atom stereocenters. The molecule has 0 saturated heterocycles. The summed E-state index contributed by atoms with van der Waals surface area (Å²) in [5.41, 5.74) is 2.07. The van der Waals surface area contributed by atoms with Crippen LogP contribution in [0.4, 0.5) is 5.69 Å². The second kappa shape index (κ2) is 6.89. The van der Waals surface area contributed by atoms with Crippen LogP contribution in [0.1, 0.15) is 5.56 Å². The van der Waals surface area contributed by atoms with Gasteiger partial charge in [-0.25, -0.2) is 0 Å². The van der Waals surface area contributed by atoms with Crippen molar-refractivity contribution < 1.29 is 0 Å². The number of thiocarbonyl (C=S) groups is 1. The Morgan fingerprint density at radius 3 is 2.58 bits per heavy atom. The minimum Gasteiger partial charge on any atom is -0.358 e. The molecule has 98 valence electrons. The predicted octanol–water partition coefficient (Wildman–Crippen LogP) is 4.59. The van der Waals surface area contributed by atoms with Crippen LogP contribution in [0, 0.1) is 0 Å². The van der Waals surface area contributed by atoms with E-state index in [1.807, 2.05) is 48.5 Å². The van der Waals surface area contributed by atoms with Gasteiger partial charge in [-0.2, -0.15) is 0 Å². The molecule has 0 aliphatic carbocycles. The summed E-state index contributed by atoms with van der Waals surface area (Å²) in [4.78, 5) is 0. The molecule has 0 amide bonds. The van der Waals surface area contributed by atoms with Gasteiger partial charge in [0.05, 0.1) is 0 Å². The lowest BCUT2D eigenvalue weighted by Crippen LogP contribution is -2.27. The van der Waals surface area contributed by atoms with Crippen LogP contribution in [0.3, 0.4) is 0 Å². The molecule has 0 aromatic heterocycles. The number of nitrogens with one attached hydrogen (secondary N) is 2. The van der Waals surface area contributed by atoms with Crippen LogP contribution in [0.2, 0.25) is 5.02 Å². The highest BCUT2D eigenvalue weighted by Gasteiger charge is 1.99. The van der Waals surface area contributed by atoms with Crippen molar-refractivity contribution in [3.8, 4) is 0 Å². The van der Waals surface area contributed by atoms with Crippen molar-refractivity contribution in [1.29, 1.82) is 0 Å². The van der Waals surface area contributed by atoms with Gasteiger partial charge in [0.25, 0.3) is 0 Å². The van der Waals surface area contributed by atoms with Crippen molar-refractivity contribution in [2.45, 2.75) is 6.54 Å². The fourth-order valence-electron chi connectivity index (χ4n) is 1.53. The molecule has 2 N–H and O–H groups in total. The summed E-state index contributed by atoms with van der Waals surface area (Å²) in [6, 6.07) is 15.5. The first-order valence-electron chi connectivity index (χ1n) is 5.68. The Bertz CT molecular complexity index is 572. The minimum atomic E-state index is 0.591. The van der Waals surface area contributed by atoms with Gasteiger partial charge >= 0.3 is 0 Å². The highest BCUT2D eigenvalue weighted by atomic mass is 79.9. The van der Waals surface area contributed by atoms with Gasteiger partial charge in [-0.3, -0.25) is 0 Å². The van der Waals surface area contributed by atoms with Crippen molar-refractivity contribution in [2.75, 3.05) is 5.32 Å². The molecular weight excluding hydrogens is 344 g/mol. The van der Waals surface area contributed by atoms with Crippen molar-refractivity contribution in [3.63, 3.8) is 0 Å². The zero-order chi connectivity index (χ0) is 13.7. The van der Waals surface area contributed by atoms with Crippen molar-refractivity contribution in [1.82, 2.24) is 5.32 Å². The molecule has 0 fully saturated rings. The molecule has 0 radical (unpaired) electrons.